The lowest BCUT2D eigenvalue weighted by Crippen LogP contribution is -2.20. The van der Waals surface area contributed by atoms with Gasteiger partial charge in [-0.3, -0.25) is 4.68 Å². The van der Waals surface area contributed by atoms with Crippen molar-refractivity contribution in [2.45, 2.75) is 30.8 Å². The zero-order chi connectivity index (χ0) is 14.7. The van der Waals surface area contributed by atoms with Crippen molar-refractivity contribution in [3.63, 3.8) is 0 Å². The highest BCUT2D eigenvalue weighted by Gasteiger charge is 2.18. The summed E-state index contributed by atoms with van der Waals surface area (Å²) in [6.45, 7) is 4.14. The van der Waals surface area contributed by atoms with Crippen LogP contribution in [0.4, 0.5) is 4.39 Å². The lowest BCUT2D eigenvalue weighted by molar-refractivity contribution is 0.494. The van der Waals surface area contributed by atoms with Gasteiger partial charge in [0.05, 0.1) is 22.4 Å². The summed E-state index contributed by atoms with van der Waals surface area (Å²) in [5, 5.41) is 4.33. The van der Waals surface area contributed by atoms with E-state index in [1.165, 1.54) is 12.1 Å². The minimum Gasteiger partial charge on any atom is -0.322 e. The molecule has 0 amide bonds. The first-order valence-electron chi connectivity index (χ1n) is 6.36. The molecule has 0 aliphatic carbocycles. The summed E-state index contributed by atoms with van der Waals surface area (Å²) in [7, 11) is 0. The van der Waals surface area contributed by atoms with E-state index in [1.807, 2.05) is 4.68 Å². The summed E-state index contributed by atoms with van der Waals surface area (Å²) in [5.74, 6) is 0.488. The predicted octanol–water partition coefficient (Wildman–Crippen LogP) is 4.16. The number of rotatable bonds is 5. The topological polar surface area (TPSA) is 43.8 Å². The summed E-state index contributed by atoms with van der Waals surface area (Å²) >= 11 is 5.11. The fourth-order valence-electron chi connectivity index (χ4n) is 1.90. The highest BCUT2D eigenvalue weighted by atomic mass is 79.9. The Labute approximate surface area is 130 Å². The SMILES string of the molecule is CC(C)n1ncc(Br)c1C(N)CSc1ccc(F)cc1. The Hall–Kier alpha value is -0.850. The van der Waals surface area contributed by atoms with Gasteiger partial charge in [0.25, 0.3) is 0 Å². The molecule has 0 bridgehead atoms. The van der Waals surface area contributed by atoms with Gasteiger partial charge in [0.15, 0.2) is 0 Å². The van der Waals surface area contributed by atoms with Crippen LogP contribution in [0, 0.1) is 5.82 Å². The van der Waals surface area contributed by atoms with Gasteiger partial charge in [0, 0.05) is 16.7 Å². The van der Waals surface area contributed by atoms with Gasteiger partial charge in [-0.2, -0.15) is 5.10 Å². The Balaban J connectivity index is 2.07. The van der Waals surface area contributed by atoms with Crippen molar-refractivity contribution in [3.05, 3.63) is 46.4 Å². The molecule has 2 rings (SSSR count). The van der Waals surface area contributed by atoms with Crippen molar-refractivity contribution >= 4 is 27.7 Å². The lowest BCUT2D eigenvalue weighted by atomic mass is 10.2. The standard InChI is InChI=1S/C14H17BrFN3S/c1-9(2)19-14(12(15)7-18-19)13(17)8-20-11-5-3-10(16)4-6-11/h3-7,9,13H,8,17H2,1-2H3. The van der Waals surface area contributed by atoms with Gasteiger partial charge in [-0.1, -0.05) is 0 Å². The Morgan fingerprint density at radius 1 is 1.35 bits per heavy atom. The number of nitrogens with two attached hydrogens (primary N) is 1. The monoisotopic (exact) mass is 357 g/mol. The molecule has 20 heavy (non-hydrogen) atoms. The second kappa shape index (κ2) is 6.74. The van der Waals surface area contributed by atoms with Gasteiger partial charge in [0.2, 0.25) is 0 Å². The van der Waals surface area contributed by atoms with Gasteiger partial charge < -0.3 is 5.73 Å². The quantitative estimate of drug-likeness (QED) is 0.817. The van der Waals surface area contributed by atoms with E-state index in [0.29, 0.717) is 5.75 Å². The van der Waals surface area contributed by atoms with Gasteiger partial charge in [-0.05, 0) is 54.0 Å². The van der Waals surface area contributed by atoms with Crippen LogP contribution in [0.25, 0.3) is 0 Å². The van der Waals surface area contributed by atoms with Crippen LogP contribution in [0.2, 0.25) is 0 Å². The summed E-state index contributed by atoms with van der Waals surface area (Å²) in [4.78, 5) is 1.01. The molecule has 0 saturated carbocycles. The van der Waals surface area contributed by atoms with E-state index in [1.54, 1.807) is 30.1 Å². The van der Waals surface area contributed by atoms with E-state index in [4.69, 9.17) is 5.73 Å². The summed E-state index contributed by atoms with van der Waals surface area (Å²) in [6.07, 6.45) is 1.78. The summed E-state index contributed by atoms with van der Waals surface area (Å²) in [6, 6.07) is 6.58. The largest absolute Gasteiger partial charge is 0.322 e. The van der Waals surface area contributed by atoms with Gasteiger partial charge in [-0.25, -0.2) is 4.39 Å². The van der Waals surface area contributed by atoms with Crippen molar-refractivity contribution in [3.8, 4) is 0 Å². The molecule has 2 N–H and O–H groups in total. The number of benzene rings is 1. The van der Waals surface area contributed by atoms with Crippen LogP contribution >= 0.6 is 27.7 Å². The van der Waals surface area contributed by atoms with E-state index in [-0.39, 0.29) is 17.9 Å². The van der Waals surface area contributed by atoms with E-state index in [9.17, 15) is 4.39 Å². The van der Waals surface area contributed by atoms with Gasteiger partial charge in [-0.15, -0.1) is 11.8 Å². The first-order valence-corrected chi connectivity index (χ1v) is 8.13. The van der Waals surface area contributed by atoms with Gasteiger partial charge in [0.1, 0.15) is 5.82 Å². The first-order chi connectivity index (χ1) is 9.49. The summed E-state index contributed by atoms with van der Waals surface area (Å²) < 4.78 is 15.7. The zero-order valence-electron chi connectivity index (χ0n) is 11.4. The van der Waals surface area contributed by atoms with Crippen molar-refractivity contribution in [2.24, 2.45) is 5.73 Å². The Bertz CT molecular complexity index is 568. The third kappa shape index (κ3) is 3.62. The molecular weight excluding hydrogens is 341 g/mol. The molecule has 0 aliphatic heterocycles. The smallest absolute Gasteiger partial charge is 0.123 e. The van der Waals surface area contributed by atoms with Crippen LogP contribution in [-0.4, -0.2) is 15.5 Å². The number of aromatic nitrogens is 2. The minimum atomic E-state index is -0.223. The van der Waals surface area contributed by atoms with Gasteiger partial charge >= 0.3 is 0 Å². The van der Waals surface area contributed by atoms with E-state index in [2.05, 4.69) is 34.9 Å². The van der Waals surface area contributed by atoms with Crippen molar-refractivity contribution < 1.29 is 4.39 Å². The Morgan fingerprint density at radius 3 is 2.60 bits per heavy atom. The maximum Gasteiger partial charge on any atom is 0.123 e. The van der Waals surface area contributed by atoms with Crippen LogP contribution in [0.15, 0.2) is 39.8 Å². The third-order valence-electron chi connectivity index (χ3n) is 2.87. The van der Waals surface area contributed by atoms with Crippen LogP contribution in [-0.2, 0) is 0 Å². The van der Waals surface area contributed by atoms with Crippen LogP contribution in [0.5, 0.6) is 0 Å². The van der Waals surface area contributed by atoms with Crippen molar-refractivity contribution in [1.29, 1.82) is 0 Å². The molecule has 6 heteroatoms. The number of hydrogen-bond acceptors (Lipinski definition) is 3. The van der Waals surface area contributed by atoms with Crippen LogP contribution in [0.3, 0.4) is 0 Å². The van der Waals surface area contributed by atoms with E-state index < -0.39 is 0 Å². The minimum absolute atomic E-state index is 0.135. The highest BCUT2D eigenvalue weighted by molar-refractivity contribution is 9.10. The maximum absolute atomic E-state index is 12.9. The van der Waals surface area contributed by atoms with Crippen LogP contribution in [0.1, 0.15) is 31.6 Å². The Morgan fingerprint density at radius 2 is 2.00 bits per heavy atom. The molecule has 0 saturated heterocycles. The fourth-order valence-corrected chi connectivity index (χ4v) is 3.33. The second-order valence-electron chi connectivity index (χ2n) is 4.79. The molecule has 3 nitrogen and oxygen atoms in total. The van der Waals surface area contributed by atoms with E-state index in [0.717, 1.165) is 15.1 Å². The number of thioether (sulfide) groups is 1. The average molecular weight is 358 g/mol. The fraction of sp³-hybridized carbons (Fsp3) is 0.357. The molecule has 0 radical (unpaired) electrons. The number of halogens is 2. The van der Waals surface area contributed by atoms with E-state index >= 15 is 0 Å². The second-order valence-corrected chi connectivity index (χ2v) is 6.74. The third-order valence-corrected chi connectivity index (χ3v) is 4.61. The average Bonchev–Trinajstić information content (AvgIpc) is 2.80. The molecule has 2 aromatic rings. The molecular formula is C14H17BrFN3S. The highest BCUT2D eigenvalue weighted by Crippen LogP contribution is 2.29. The molecule has 1 aromatic carbocycles. The molecule has 1 aromatic heterocycles. The van der Waals surface area contributed by atoms with Crippen molar-refractivity contribution in [2.75, 3.05) is 5.75 Å². The van der Waals surface area contributed by atoms with Crippen molar-refractivity contribution in [1.82, 2.24) is 9.78 Å². The Kier molecular flexibility index (Phi) is 5.23. The molecule has 1 unspecified atom stereocenters. The molecule has 1 heterocycles. The number of nitrogens with zero attached hydrogens (tertiary/aromatic N) is 2. The normalized spacial score (nSPS) is 12.9. The molecule has 0 fully saturated rings. The first kappa shape index (κ1) is 15.5. The predicted molar refractivity (Wildman–Crippen MR) is 84.4 cm³/mol. The lowest BCUT2D eigenvalue weighted by Gasteiger charge is -2.17. The summed E-state index contributed by atoms with van der Waals surface area (Å²) in [5.41, 5.74) is 7.27. The molecule has 1 atom stereocenters. The molecule has 108 valence electrons. The van der Waals surface area contributed by atoms with Crippen LogP contribution < -0.4 is 5.73 Å². The molecule has 0 aliphatic rings. The zero-order valence-corrected chi connectivity index (χ0v) is 13.8. The maximum atomic E-state index is 12.9. The molecule has 0 spiro atoms. The number of hydrogen-bond donors (Lipinski definition) is 1.